The number of hydrogen-bond acceptors (Lipinski definition) is 5. The van der Waals surface area contributed by atoms with Crippen LogP contribution in [0.2, 0.25) is 0 Å². The maximum absolute atomic E-state index is 5.35. The van der Waals surface area contributed by atoms with Gasteiger partial charge in [-0.15, -0.1) is 5.10 Å². The van der Waals surface area contributed by atoms with Crippen LogP contribution in [0.15, 0.2) is 28.4 Å². The summed E-state index contributed by atoms with van der Waals surface area (Å²) in [6, 6.07) is 3.60. The van der Waals surface area contributed by atoms with Crippen LogP contribution in [0, 0.1) is 0 Å². The third kappa shape index (κ3) is 2.22. The number of rotatable bonds is 2. The molecule has 6 heteroatoms. The topological polar surface area (TPSA) is 47.9 Å². The Labute approximate surface area is 86.7 Å². The summed E-state index contributed by atoms with van der Waals surface area (Å²) in [5.41, 5.74) is 0. The monoisotopic (exact) mass is 257 g/mol. The summed E-state index contributed by atoms with van der Waals surface area (Å²) < 4.78 is 6.05. The minimum absolute atomic E-state index is 0.500. The minimum atomic E-state index is 0.500. The maximum atomic E-state index is 5.35. The molecule has 0 atom stereocenters. The standard InChI is InChI=1S/C7H4BrN3OS/c8-6-10-11-7(13-6)12-5-2-1-3-9-4-5/h1-4H. The Morgan fingerprint density at radius 3 is 2.92 bits per heavy atom. The van der Waals surface area contributed by atoms with Crippen LogP contribution in [0.3, 0.4) is 0 Å². The van der Waals surface area contributed by atoms with E-state index >= 15 is 0 Å². The zero-order chi connectivity index (χ0) is 9.10. The van der Waals surface area contributed by atoms with Gasteiger partial charge in [-0.2, -0.15) is 0 Å². The van der Waals surface area contributed by atoms with E-state index < -0.39 is 0 Å². The van der Waals surface area contributed by atoms with Crippen LogP contribution in [0.25, 0.3) is 0 Å². The van der Waals surface area contributed by atoms with Crippen molar-refractivity contribution in [1.82, 2.24) is 15.2 Å². The highest BCUT2D eigenvalue weighted by atomic mass is 79.9. The highest BCUT2D eigenvalue weighted by molar-refractivity contribution is 9.11. The van der Waals surface area contributed by atoms with Crippen LogP contribution in [0.5, 0.6) is 10.9 Å². The van der Waals surface area contributed by atoms with Crippen LogP contribution in [0.1, 0.15) is 0 Å². The van der Waals surface area contributed by atoms with Crippen molar-refractivity contribution in [3.05, 3.63) is 28.4 Å². The minimum Gasteiger partial charge on any atom is -0.428 e. The molecule has 0 N–H and O–H groups in total. The van der Waals surface area contributed by atoms with Crippen LogP contribution in [0.4, 0.5) is 0 Å². The molecular formula is C7H4BrN3OS. The Balaban J connectivity index is 2.15. The molecule has 0 spiro atoms. The summed E-state index contributed by atoms with van der Waals surface area (Å²) in [6.07, 6.45) is 3.30. The lowest BCUT2D eigenvalue weighted by Crippen LogP contribution is -1.83. The molecule has 2 heterocycles. The predicted octanol–water partition coefficient (Wildman–Crippen LogP) is 2.49. The number of nitrogens with zero attached hydrogens (tertiary/aromatic N) is 3. The van der Waals surface area contributed by atoms with E-state index in [0.717, 1.165) is 0 Å². The van der Waals surface area contributed by atoms with Gasteiger partial charge in [-0.1, -0.05) is 5.10 Å². The highest BCUT2D eigenvalue weighted by Crippen LogP contribution is 2.26. The van der Waals surface area contributed by atoms with Gasteiger partial charge >= 0.3 is 0 Å². The molecular weight excluding hydrogens is 254 g/mol. The third-order valence-electron chi connectivity index (χ3n) is 1.22. The molecule has 0 fully saturated rings. The molecule has 2 aromatic rings. The van der Waals surface area contributed by atoms with E-state index in [-0.39, 0.29) is 0 Å². The summed E-state index contributed by atoms with van der Waals surface area (Å²) in [5, 5.41) is 8.04. The van der Waals surface area contributed by atoms with Gasteiger partial charge in [-0.25, -0.2) is 0 Å². The van der Waals surface area contributed by atoms with Gasteiger partial charge in [-0.3, -0.25) is 4.98 Å². The maximum Gasteiger partial charge on any atom is 0.300 e. The van der Waals surface area contributed by atoms with E-state index in [9.17, 15) is 0 Å². The van der Waals surface area contributed by atoms with Gasteiger partial charge in [0.1, 0.15) is 5.75 Å². The lowest BCUT2D eigenvalue weighted by atomic mass is 10.5. The molecule has 0 radical (unpaired) electrons. The van der Waals surface area contributed by atoms with Gasteiger partial charge in [0.15, 0.2) is 3.92 Å². The molecule has 0 saturated carbocycles. The van der Waals surface area contributed by atoms with E-state index in [0.29, 0.717) is 14.9 Å². The second kappa shape index (κ2) is 3.80. The van der Waals surface area contributed by atoms with Crippen molar-refractivity contribution in [2.75, 3.05) is 0 Å². The van der Waals surface area contributed by atoms with Gasteiger partial charge in [0.05, 0.1) is 6.20 Å². The molecule has 0 aliphatic carbocycles. The normalized spacial score (nSPS) is 9.92. The molecule has 0 bridgehead atoms. The number of pyridine rings is 1. The fraction of sp³-hybridized carbons (Fsp3) is 0. The SMILES string of the molecule is Brc1nnc(Oc2cccnc2)s1. The van der Waals surface area contributed by atoms with E-state index in [1.807, 2.05) is 6.07 Å². The van der Waals surface area contributed by atoms with E-state index in [1.54, 1.807) is 18.5 Å². The average Bonchev–Trinajstić information content (AvgIpc) is 2.53. The number of aromatic nitrogens is 3. The molecule has 0 amide bonds. The zero-order valence-electron chi connectivity index (χ0n) is 6.35. The summed E-state index contributed by atoms with van der Waals surface area (Å²) in [7, 11) is 0. The first kappa shape index (κ1) is 8.58. The van der Waals surface area contributed by atoms with Gasteiger partial charge in [0.25, 0.3) is 5.19 Å². The Kier molecular flexibility index (Phi) is 2.51. The van der Waals surface area contributed by atoms with Crippen LogP contribution >= 0.6 is 27.3 Å². The van der Waals surface area contributed by atoms with Crippen molar-refractivity contribution in [1.29, 1.82) is 0 Å². The number of hydrogen-bond donors (Lipinski definition) is 0. The first-order valence-corrected chi connectivity index (χ1v) is 5.02. The van der Waals surface area contributed by atoms with E-state index in [1.165, 1.54) is 11.3 Å². The molecule has 4 nitrogen and oxygen atoms in total. The van der Waals surface area contributed by atoms with Crippen molar-refractivity contribution in [2.45, 2.75) is 0 Å². The molecule has 0 saturated heterocycles. The van der Waals surface area contributed by atoms with Crippen molar-refractivity contribution in [2.24, 2.45) is 0 Å². The van der Waals surface area contributed by atoms with E-state index in [2.05, 4.69) is 31.1 Å². The molecule has 2 aromatic heterocycles. The largest absolute Gasteiger partial charge is 0.428 e. The fourth-order valence-corrected chi connectivity index (χ4v) is 1.68. The lowest BCUT2D eigenvalue weighted by molar-refractivity contribution is 0.471. The first-order chi connectivity index (χ1) is 6.34. The third-order valence-corrected chi connectivity index (χ3v) is 2.46. The van der Waals surface area contributed by atoms with E-state index in [4.69, 9.17) is 4.74 Å². The first-order valence-electron chi connectivity index (χ1n) is 3.41. The molecule has 0 unspecified atom stereocenters. The van der Waals surface area contributed by atoms with Crippen molar-refractivity contribution in [3.63, 3.8) is 0 Å². The quantitative estimate of drug-likeness (QED) is 0.830. The Morgan fingerprint density at radius 2 is 2.31 bits per heavy atom. The van der Waals surface area contributed by atoms with Crippen LogP contribution in [-0.4, -0.2) is 15.2 Å². The summed E-state index contributed by atoms with van der Waals surface area (Å²) in [5.74, 6) is 0.658. The molecule has 0 aromatic carbocycles. The Morgan fingerprint density at radius 1 is 1.38 bits per heavy atom. The summed E-state index contributed by atoms with van der Waals surface area (Å²) >= 11 is 4.52. The van der Waals surface area contributed by atoms with Crippen LogP contribution < -0.4 is 4.74 Å². The van der Waals surface area contributed by atoms with Crippen molar-refractivity contribution >= 4 is 27.3 Å². The zero-order valence-corrected chi connectivity index (χ0v) is 8.75. The molecule has 2 rings (SSSR count). The second-order valence-corrected chi connectivity index (χ2v) is 4.33. The summed E-state index contributed by atoms with van der Waals surface area (Å²) in [4.78, 5) is 3.91. The Hall–Kier alpha value is -1.01. The fourth-order valence-electron chi connectivity index (χ4n) is 0.743. The molecule has 66 valence electrons. The van der Waals surface area contributed by atoms with Gasteiger partial charge in [0, 0.05) is 6.20 Å². The molecule has 0 aliphatic heterocycles. The van der Waals surface area contributed by atoms with Crippen LogP contribution in [-0.2, 0) is 0 Å². The molecule has 0 aliphatic rings. The van der Waals surface area contributed by atoms with Crippen molar-refractivity contribution < 1.29 is 4.74 Å². The van der Waals surface area contributed by atoms with Gasteiger partial charge in [0.2, 0.25) is 0 Å². The predicted molar refractivity (Wildman–Crippen MR) is 51.9 cm³/mol. The second-order valence-electron chi connectivity index (χ2n) is 2.11. The van der Waals surface area contributed by atoms with Crippen molar-refractivity contribution in [3.8, 4) is 10.9 Å². The number of ether oxygens (including phenoxy) is 1. The average molecular weight is 258 g/mol. The Bertz CT molecular complexity index is 392. The number of halogens is 1. The summed E-state index contributed by atoms with van der Waals surface area (Å²) in [6.45, 7) is 0. The lowest BCUT2D eigenvalue weighted by Gasteiger charge is -1.97. The highest BCUT2D eigenvalue weighted by Gasteiger charge is 2.02. The smallest absolute Gasteiger partial charge is 0.300 e. The van der Waals surface area contributed by atoms with Gasteiger partial charge in [-0.05, 0) is 39.4 Å². The molecule has 13 heavy (non-hydrogen) atoms. The van der Waals surface area contributed by atoms with Gasteiger partial charge < -0.3 is 4.74 Å².